The predicted octanol–water partition coefficient (Wildman–Crippen LogP) is 3.50. The Kier molecular flexibility index (Phi) is 9.44. The number of benzene rings is 1. The van der Waals surface area contributed by atoms with Gasteiger partial charge < -0.3 is 19.0 Å². The van der Waals surface area contributed by atoms with Crippen molar-refractivity contribution in [3.63, 3.8) is 0 Å². The number of hydrogen-bond acceptors (Lipinski definition) is 9. The number of nitrogens with one attached hydrogen (secondary N) is 2. The van der Waals surface area contributed by atoms with E-state index in [2.05, 4.69) is 9.50 Å². The van der Waals surface area contributed by atoms with Gasteiger partial charge in [-0.25, -0.2) is 14.4 Å². The van der Waals surface area contributed by atoms with Crippen LogP contribution in [0.15, 0.2) is 18.2 Å². The lowest BCUT2D eigenvalue weighted by Gasteiger charge is -2.22. The summed E-state index contributed by atoms with van der Waals surface area (Å²) in [5.74, 6) is -2.46. The zero-order valence-corrected chi connectivity index (χ0v) is 21.0. The lowest BCUT2D eigenvalue weighted by Crippen LogP contribution is -2.45. The second kappa shape index (κ2) is 11.0. The maximum absolute atomic E-state index is 12.9. The first-order valence-corrected chi connectivity index (χ1v) is 11.5. The van der Waals surface area contributed by atoms with Crippen LogP contribution in [0.2, 0.25) is 5.02 Å². The topological polar surface area (TPSA) is 174 Å². The summed E-state index contributed by atoms with van der Waals surface area (Å²) >= 11 is 5.95. The van der Waals surface area contributed by atoms with Gasteiger partial charge in [-0.1, -0.05) is 11.6 Å². The van der Waals surface area contributed by atoms with Gasteiger partial charge in [0.05, 0.1) is 5.69 Å². The van der Waals surface area contributed by atoms with Crippen molar-refractivity contribution < 1.29 is 45.8 Å². The van der Waals surface area contributed by atoms with Gasteiger partial charge in [-0.15, -0.1) is 0 Å². The van der Waals surface area contributed by atoms with E-state index in [-0.39, 0.29) is 16.3 Å². The van der Waals surface area contributed by atoms with Crippen LogP contribution in [-0.4, -0.2) is 54.2 Å². The maximum Gasteiger partial charge on any atom is 0.449 e. The van der Waals surface area contributed by atoms with E-state index in [0.29, 0.717) is 0 Å². The van der Waals surface area contributed by atoms with Crippen LogP contribution in [-0.2, 0) is 28.9 Å². The molecule has 0 aromatic heterocycles. The fraction of sp³-hybridized carbons (Fsp3) is 0.500. The number of ketones is 1. The average Bonchev–Trinajstić information content (AvgIpc) is 2.56. The minimum absolute atomic E-state index is 0.0640. The van der Waals surface area contributed by atoms with Gasteiger partial charge in [-0.2, -0.15) is 8.42 Å². The average molecular weight is 523 g/mol. The van der Waals surface area contributed by atoms with E-state index >= 15 is 0 Å². The van der Waals surface area contributed by atoms with Gasteiger partial charge >= 0.3 is 28.6 Å². The normalized spacial score (nSPS) is 12.8. The Bertz CT molecular complexity index is 1060. The quantitative estimate of drug-likeness (QED) is 0.355. The van der Waals surface area contributed by atoms with Gasteiger partial charge in [-0.3, -0.25) is 14.7 Å². The van der Waals surface area contributed by atoms with Gasteiger partial charge in [0.1, 0.15) is 17.2 Å². The number of anilines is 1. The van der Waals surface area contributed by atoms with E-state index < -0.39 is 58.0 Å². The molecule has 0 aliphatic rings. The summed E-state index contributed by atoms with van der Waals surface area (Å²) in [6.45, 7) is 9.49. The summed E-state index contributed by atoms with van der Waals surface area (Å²) in [5.41, 5.74) is -2.02. The third-order valence-corrected chi connectivity index (χ3v) is 4.08. The van der Waals surface area contributed by atoms with E-state index in [1.165, 1.54) is 39.0 Å². The highest BCUT2D eigenvalue weighted by Gasteiger charge is 2.32. The molecule has 0 radical (unpaired) electrons. The minimum atomic E-state index is -5.23. The Morgan fingerprint density at radius 1 is 1.00 bits per heavy atom. The summed E-state index contributed by atoms with van der Waals surface area (Å²) in [4.78, 5) is 49.4. The Morgan fingerprint density at radius 3 is 2.03 bits per heavy atom. The molecule has 3 N–H and O–H groups in total. The summed E-state index contributed by atoms with van der Waals surface area (Å²) in [6.07, 6.45) is -2.86. The van der Waals surface area contributed by atoms with Crippen molar-refractivity contribution in [1.82, 2.24) is 5.32 Å². The molecule has 14 heteroatoms. The van der Waals surface area contributed by atoms with Crippen LogP contribution in [0.4, 0.5) is 15.3 Å². The van der Waals surface area contributed by atoms with Crippen molar-refractivity contribution >= 4 is 51.6 Å². The largest absolute Gasteiger partial charge is 0.449 e. The van der Waals surface area contributed by atoms with E-state index in [0.717, 1.165) is 0 Å². The van der Waals surface area contributed by atoms with Crippen LogP contribution >= 0.6 is 11.6 Å². The molecule has 1 aromatic carbocycles. The molecule has 0 heterocycles. The Balaban J connectivity index is 3.20. The van der Waals surface area contributed by atoms with E-state index in [9.17, 15) is 27.6 Å². The molecule has 1 unspecified atom stereocenters. The number of rotatable bonds is 7. The fourth-order valence-electron chi connectivity index (χ4n) is 2.38. The molecule has 0 bridgehead atoms. The van der Waals surface area contributed by atoms with Gasteiger partial charge in [-0.05, 0) is 59.7 Å². The molecule has 1 aromatic rings. The molecule has 1 rings (SSSR count). The van der Waals surface area contributed by atoms with E-state index in [1.807, 2.05) is 5.32 Å². The summed E-state index contributed by atoms with van der Waals surface area (Å²) in [7, 11) is -5.23. The molecule has 34 heavy (non-hydrogen) atoms. The van der Waals surface area contributed by atoms with Crippen LogP contribution in [0.3, 0.4) is 0 Å². The maximum atomic E-state index is 12.9. The Labute approximate surface area is 202 Å². The number of alkyl carbamates (subject to hydrolysis) is 1. The molecule has 0 aliphatic heterocycles. The number of amides is 2. The van der Waals surface area contributed by atoms with E-state index in [4.69, 9.17) is 25.6 Å². The van der Waals surface area contributed by atoms with Crippen LogP contribution in [0.5, 0.6) is 0 Å². The van der Waals surface area contributed by atoms with Gasteiger partial charge in [0.25, 0.3) is 0 Å². The van der Waals surface area contributed by atoms with Crippen molar-refractivity contribution in [3.8, 4) is 0 Å². The lowest BCUT2D eigenvalue weighted by molar-refractivity contribution is -0.136. The highest BCUT2D eigenvalue weighted by Crippen LogP contribution is 2.24. The second-order valence-corrected chi connectivity index (χ2v) is 10.4. The molecule has 190 valence electrons. The number of carbonyl (C=O) groups excluding carboxylic acids is 4. The Hall–Kier alpha value is -2.90. The van der Waals surface area contributed by atoms with Crippen LogP contribution in [0.1, 0.15) is 58.3 Å². The highest BCUT2D eigenvalue weighted by molar-refractivity contribution is 7.81. The second-order valence-electron chi connectivity index (χ2n) is 8.97. The summed E-state index contributed by atoms with van der Waals surface area (Å²) in [5, 5.41) is 4.56. The summed E-state index contributed by atoms with van der Waals surface area (Å²) in [6, 6.07) is 1.97. The molecule has 0 fully saturated rings. The third-order valence-electron chi connectivity index (χ3n) is 3.47. The number of hydrogen-bond donors (Lipinski definition) is 3. The van der Waals surface area contributed by atoms with Crippen molar-refractivity contribution in [1.29, 1.82) is 0 Å². The van der Waals surface area contributed by atoms with Gasteiger partial charge in [0.15, 0.2) is 5.78 Å². The smallest absolute Gasteiger partial charge is 0.444 e. The molecule has 2 amide bonds. The van der Waals surface area contributed by atoms with Crippen molar-refractivity contribution in [2.45, 2.75) is 65.2 Å². The fourth-order valence-corrected chi connectivity index (χ4v) is 2.87. The molecule has 0 saturated heterocycles. The van der Waals surface area contributed by atoms with Crippen molar-refractivity contribution in [2.75, 3.05) is 5.32 Å². The highest BCUT2D eigenvalue weighted by atomic mass is 35.5. The zero-order valence-electron chi connectivity index (χ0n) is 19.4. The number of carbonyl (C=O) groups is 4. The minimum Gasteiger partial charge on any atom is -0.444 e. The van der Waals surface area contributed by atoms with Gasteiger partial charge in [0, 0.05) is 17.0 Å². The molecule has 0 spiro atoms. The predicted molar refractivity (Wildman–Crippen MR) is 121 cm³/mol. The monoisotopic (exact) mass is 522 g/mol. The van der Waals surface area contributed by atoms with Crippen molar-refractivity contribution in [2.24, 2.45) is 0 Å². The SMILES string of the molecule is CC(C)(C)OC(=O)Nc1cc(Cl)ccc1C(=O)CC(NC(=O)OC(C)(C)C)C(=O)OS(=O)(=O)O. The lowest BCUT2D eigenvalue weighted by atomic mass is 10.0. The zero-order chi connectivity index (χ0) is 26.5. The third kappa shape index (κ3) is 11.3. The summed E-state index contributed by atoms with van der Waals surface area (Å²) < 4.78 is 44.7. The van der Waals surface area contributed by atoms with Gasteiger partial charge in [0.2, 0.25) is 0 Å². The number of Topliss-reactive ketones (excluding diaryl/α,β-unsaturated/α-hetero) is 1. The first-order chi connectivity index (χ1) is 15.3. The Morgan fingerprint density at radius 2 is 1.53 bits per heavy atom. The molecular weight excluding hydrogens is 496 g/mol. The molecular formula is C20H27ClN2O10S. The number of halogens is 1. The van der Waals surface area contributed by atoms with Crippen molar-refractivity contribution in [3.05, 3.63) is 28.8 Å². The first kappa shape index (κ1) is 29.1. The standard InChI is InChI=1S/C20H27ClN2O10S/c1-19(2,3)31-17(26)22-13-9-11(21)7-8-12(13)15(24)10-14(16(25)33-34(28,29)30)23-18(27)32-20(4,5)6/h7-9,14H,10H2,1-6H3,(H,22,26)(H,23,27)(H,28,29,30). The van der Waals surface area contributed by atoms with Crippen LogP contribution < -0.4 is 10.6 Å². The number of ether oxygens (including phenoxy) is 2. The van der Waals surface area contributed by atoms with Crippen LogP contribution in [0.25, 0.3) is 0 Å². The van der Waals surface area contributed by atoms with E-state index in [1.54, 1.807) is 20.8 Å². The molecule has 0 aliphatic carbocycles. The molecule has 0 saturated carbocycles. The molecule has 12 nitrogen and oxygen atoms in total. The first-order valence-electron chi connectivity index (χ1n) is 9.79. The van der Waals surface area contributed by atoms with Crippen LogP contribution in [0, 0.1) is 0 Å². The molecule has 1 atom stereocenters.